The van der Waals surface area contributed by atoms with Gasteiger partial charge in [-0.25, -0.2) is 42.0 Å². The molecule has 6 N–H and O–H groups in total. The minimum absolute atomic E-state index is 0.0865. The summed E-state index contributed by atoms with van der Waals surface area (Å²) in [6.07, 6.45) is 6.22. The van der Waals surface area contributed by atoms with Gasteiger partial charge in [0, 0.05) is 70.3 Å². The molecule has 0 aliphatic rings. The number of hydrogen-bond donors (Lipinski definition) is 4. The van der Waals surface area contributed by atoms with E-state index in [1.165, 1.54) is 12.1 Å². The van der Waals surface area contributed by atoms with Gasteiger partial charge in [0.2, 0.25) is 10.0 Å². The second-order valence-electron chi connectivity index (χ2n) is 14.1. The molecule has 4 heterocycles. The molecule has 1 atom stereocenters. The molecule has 7 rings (SSSR count). The molecule has 0 saturated carbocycles. The zero-order valence-electron chi connectivity index (χ0n) is 34.1. The van der Waals surface area contributed by atoms with Gasteiger partial charge in [0.05, 0.1) is 62.8 Å². The van der Waals surface area contributed by atoms with Gasteiger partial charge in [-0.05, 0) is 56.0 Å². The van der Waals surface area contributed by atoms with Gasteiger partial charge in [0.1, 0.15) is 22.7 Å². The maximum Gasteiger partial charge on any atom is 0.240 e. The summed E-state index contributed by atoms with van der Waals surface area (Å²) in [5.74, 6) is 2.66. The SMILES string of the molecule is COCCc1nc2c(N)nc3ccccc3c2n1CCCCNS(=O)(=O)c1cccc(C#N)c1.COCCc1nc2c(N)nc3ccccc3c2n1CCCCNS(C)=O. The second-order valence-corrected chi connectivity index (χ2v) is 17.0. The van der Waals surface area contributed by atoms with Crippen LogP contribution < -0.4 is 20.9 Å². The van der Waals surface area contributed by atoms with Crippen LogP contribution in [-0.4, -0.2) is 88.5 Å². The molecule has 60 heavy (non-hydrogen) atoms. The van der Waals surface area contributed by atoms with Crippen LogP contribution in [-0.2, 0) is 56.4 Å². The second kappa shape index (κ2) is 20.6. The van der Waals surface area contributed by atoms with E-state index in [0.717, 1.165) is 88.8 Å². The van der Waals surface area contributed by atoms with Crippen molar-refractivity contribution in [2.45, 2.75) is 56.5 Å². The Morgan fingerprint density at radius 2 is 1.25 bits per heavy atom. The van der Waals surface area contributed by atoms with E-state index in [4.69, 9.17) is 36.2 Å². The number of imidazole rings is 2. The van der Waals surface area contributed by atoms with Crippen molar-refractivity contribution in [3.05, 3.63) is 90.0 Å². The van der Waals surface area contributed by atoms with E-state index in [1.54, 1.807) is 32.6 Å². The molecule has 16 nitrogen and oxygen atoms in total. The number of nitrogens with zero attached hydrogens (tertiary/aromatic N) is 7. The number of nitrogen functional groups attached to an aromatic ring is 2. The number of methoxy groups -OCH3 is 2. The first-order chi connectivity index (χ1) is 29.1. The van der Waals surface area contributed by atoms with E-state index in [2.05, 4.69) is 34.6 Å². The highest BCUT2D eigenvalue weighted by atomic mass is 32.2. The Bertz CT molecular complexity index is 2760. The summed E-state index contributed by atoms with van der Waals surface area (Å²) in [6.45, 7) is 3.61. The molecule has 0 spiro atoms. The van der Waals surface area contributed by atoms with Crippen molar-refractivity contribution in [2.24, 2.45) is 0 Å². The van der Waals surface area contributed by atoms with Crippen LogP contribution in [0.3, 0.4) is 0 Å². The summed E-state index contributed by atoms with van der Waals surface area (Å²) in [7, 11) is -1.31. The van der Waals surface area contributed by atoms with Gasteiger partial charge < -0.3 is 30.1 Å². The van der Waals surface area contributed by atoms with Crippen molar-refractivity contribution in [3.8, 4) is 6.07 Å². The summed E-state index contributed by atoms with van der Waals surface area (Å²) in [5.41, 5.74) is 17.8. The molecule has 4 aromatic heterocycles. The molecule has 3 aromatic carbocycles. The number of sulfonamides is 1. The quantitative estimate of drug-likeness (QED) is 0.0788. The standard InChI is InChI=1S/C24H26N6O3S.C18H25N5O2S/c1-33-14-11-21-29-22-23(19-9-2-3-10-20(19)28-24(22)26)30(21)13-5-4-12-27-34(31,32)18-8-6-7-17(15-18)16-25;1-25-12-9-15-22-16-17(23(15)11-6-5-10-20-26(2)24)13-7-3-4-8-14(13)21-18(16)19/h2-3,6-10,15,27H,4-5,11-14H2,1H3,(H2,26,28);3-4,7-8,20H,5-6,9-12H2,1-2H3,(H2,19,21). The number of nitrogens with two attached hydrogens (primary N) is 2. The van der Waals surface area contributed by atoms with Crippen LogP contribution in [0.2, 0.25) is 0 Å². The monoisotopic (exact) mass is 853 g/mol. The van der Waals surface area contributed by atoms with Gasteiger partial charge in [-0.1, -0.05) is 42.5 Å². The lowest BCUT2D eigenvalue weighted by molar-refractivity contribution is 0.199. The van der Waals surface area contributed by atoms with Crippen molar-refractivity contribution in [2.75, 3.05) is 58.2 Å². The fourth-order valence-electron chi connectivity index (χ4n) is 7.09. The first kappa shape index (κ1) is 44.0. The number of nitriles is 1. The van der Waals surface area contributed by atoms with E-state index < -0.39 is 21.0 Å². The van der Waals surface area contributed by atoms with Crippen molar-refractivity contribution >= 4 is 76.5 Å². The van der Waals surface area contributed by atoms with E-state index in [1.807, 2.05) is 48.5 Å². The Hall–Kier alpha value is -5.55. The van der Waals surface area contributed by atoms with E-state index >= 15 is 0 Å². The molecule has 0 aliphatic carbocycles. The van der Waals surface area contributed by atoms with Crippen molar-refractivity contribution in [1.82, 2.24) is 38.5 Å². The van der Waals surface area contributed by atoms with Crippen molar-refractivity contribution in [3.63, 3.8) is 0 Å². The normalized spacial score (nSPS) is 12.2. The van der Waals surface area contributed by atoms with E-state index in [9.17, 15) is 12.6 Å². The van der Waals surface area contributed by atoms with Crippen LogP contribution in [0.15, 0.2) is 77.7 Å². The van der Waals surface area contributed by atoms with Crippen LogP contribution in [0.1, 0.15) is 42.9 Å². The maximum atomic E-state index is 12.6. The summed E-state index contributed by atoms with van der Waals surface area (Å²) in [6, 6.07) is 23.7. The van der Waals surface area contributed by atoms with Crippen LogP contribution in [0.25, 0.3) is 43.9 Å². The molecule has 7 aromatic rings. The highest BCUT2D eigenvalue weighted by Gasteiger charge is 2.19. The lowest BCUT2D eigenvalue weighted by Gasteiger charge is -2.11. The molecular weight excluding hydrogens is 803 g/mol. The number of rotatable bonds is 19. The Balaban J connectivity index is 0.000000209. The molecule has 0 saturated heterocycles. The third-order valence-electron chi connectivity index (χ3n) is 9.93. The number of hydrogen-bond acceptors (Lipinski definition) is 12. The third kappa shape index (κ3) is 10.4. The predicted molar refractivity (Wildman–Crippen MR) is 237 cm³/mol. The topological polar surface area (TPSA) is 231 Å². The van der Waals surface area contributed by atoms with Crippen LogP contribution in [0, 0.1) is 11.3 Å². The minimum atomic E-state index is -3.68. The number of ether oxygens (including phenoxy) is 2. The number of para-hydroxylation sites is 2. The average molecular weight is 854 g/mol. The molecule has 0 bridgehead atoms. The average Bonchev–Trinajstić information content (AvgIpc) is 3.81. The Kier molecular flexibility index (Phi) is 15.1. The third-order valence-corrected chi connectivity index (χ3v) is 12.0. The van der Waals surface area contributed by atoms with E-state index in [-0.39, 0.29) is 11.4 Å². The van der Waals surface area contributed by atoms with Crippen molar-refractivity contribution in [1.29, 1.82) is 5.26 Å². The summed E-state index contributed by atoms with van der Waals surface area (Å²) in [4.78, 5) is 18.6. The van der Waals surface area contributed by atoms with Crippen molar-refractivity contribution < 1.29 is 22.1 Å². The number of fused-ring (bicyclic) bond motifs is 6. The summed E-state index contributed by atoms with van der Waals surface area (Å²) >= 11 is 0. The highest BCUT2D eigenvalue weighted by Crippen LogP contribution is 2.31. The zero-order chi connectivity index (χ0) is 42.6. The summed E-state index contributed by atoms with van der Waals surface area (Å²) < 4.78 is 56.7. The zero-order valence-corrected chi connectivity index (χ0v) is 35.7. The Morgan fingerprint density at radius 1 is 0.733 bits per heavy atom. The fourth-order valence-corrected chi connectivity index (χ4v) is 8.64. The van der Waals surface area contributed by atoms with Crippen LogP contribution >= 0.6 is 0 Å². The highest BCUT2D eigenvalue weighted by molar-refractivity contribution is 7.89. The van der Waals surface area contributed by atoms with E-state index in [0.29, 0.717) is 55.3 Å². The lowest BCUT2D eigenvalue weighted by Crippen LogP contribution is -2.25. The molecule has 0 aliphatic heterocycles. The number of aromatic nitrogens is 6. The van der Waals surface area contributed by atoms with Crippen LogP contribution in [0.4, 0.5) is 11.6 Å². The number of pyridine rings is 2. The Labute approximate surface area is 352 Å². The van der Waals surface area contributed by atoms with Gasteiger partial charge in [0.15, 0.2) is 11.6 Å². The lowest BCUT2D eigenvalue weighted by atomic mass is 10.2. The fraction of sp³-hybridized carbons (Fsp3) is 0.357. The molecule has 0 amide bonds. The Morgan fingerprint density at radius 3 is 1.75 bits per heavy atom. The molecule has 1 unspecified atom stereocenters. The molecule has 316 valence electrons. The number of anilines is 2. The smallest absolute Gasteiger partial charge is 0.240 e. The predicted octanol–water partition coefficient (Wildman–Crippen LogP) is 5.00. The van der Waals surface area contributed by atoms with Crippen LogP contribution in [0.5, 0.6) is 0 Å². The number of aryl methyl sites for hydroxylation is 2. The van der Waals surface area contributed by atoms with Gasteiger partial charge in [-0.15, -0.1) is 0 Å². The largest absolute Gasteiger partial charge is 0.384 e. The van der Waals surface area contributed by atoms with Gasteiger partial charge >= 0.3 is 0 Å². The van der Waals surface area contributed by atoms with Gasteiger partial charge in [-0.3, -0.25) is 0 Å². The first-order valence-corrected chi connectivity index (χ1v) is 22.7. The molecular formula is C42H51N11O5S2. The summed E-state index contributed by atoms with van der Waals surface area (Å²) in [5, 5.41) is 11.0. The number of benzene rings is 3. The van der Waals surface area contributed by atoms with Gasteiger partial charge in [-0.2, -0.15) is 5.26 Å². The maximum absolute atomic E-state index is 12.6. The number of nitrogens with one attached hydrogen (secondary N) is 2. The molecule has 18 heteroatoms. The first-order valence-electron chi connectivity index (χ1n) is 19.7. The molecule has 0 radical (unpaired) electrons. The number of unbranched alkanes of at least 4 members (excludes halogenated alkanes) is 2. The molecule has 0 fully saturated rings. The minimum Gasteiger partial charge on any atom is -0.384 e. The van der Waals surface area contributed by atoms with Gasteiger partial charge in [0.25, 0.3) is 0 Å².